The minimum absolute atomic E-state index is 0.0145. The van der Waals surface area contributed by atoms with Crippen molar-refractivity contribution in [2.45, 2.75) is 19.0 Å². The Balaban J connectivity index is 1.50. The van der Waals surface area contributed by atoms with Gasteiger partial charge in [0, 0.05) is 18.5 Å². The van der Waals surface area contributed by atoms with Crippen LogP contribution < -0.4 is 0 Å². The number of halogens is 3. The molecular weight excluding hydrogens is 303 g/mol. The molecule has 0 N–H and O–H groups in total. The van der Waals surface area contributed by atoms with Gasteiger partial charge in [0.25, 0.3) is 0 Å². The zero-order chi connectivity index (χ0) is 16.7. The second kappa shape index (κ2) is 5.55. The number of nitrogens with zero attached hydrogens (tertiary/aromatic N) is 1. The van der Waals surface area contributed by atoms with Crippen LogP contribution >= 0.6 is 0 Å². The van der Waals surface area contributed by atoms with Crippen LogP contribution in [0.1, 0.15) is 24.0 Å². The van der Waals surface area contributed by atoms with Gasteiger partial charge in [-0.3, -0.25) is 4.79 Å². The molecule has 0 aromatic heterocycles. The summed E-state index contributed by atoms with van der Waals surface area (Å²) < 4.78 is 37.5. The molecule has 3 rings (SSSR count). The van der Waals surface area contributed by atoms with E-state index in [0.29, 0.717) is 5.92 Å². The third kappa shape index (κ3) is 3.19. The summed E-state index contributed by atoms with van der Waals surface area (Å²) in [6.45, 7) is 5.07. The van der Waals surface area contributed by atoms with E-state index in [9.17, 15) is 18.0 Å². The smallest absolute Gasteiger partial charge is 0.338 e. The maximum absolute atomic E-state index is 12.5. The third-order valence-corrected chi connectivity index (χ3v) is 4.73. The Labute approximate surface area is 133 Å². The first-order valence-electron chi connectivity index (χ1n) is 7.58. The number of alkyl halides is 3. The van der Waals surface area contributed by atoms with Crippen molar-refractivity contribution in [3.05, 3.63) is 54.1 Å². The van der Waals surface area contributed by atoms with Crippen molar-refractivity contribution < 1.29 is 18.0 Å². The summed E-state index contributed by atoms with van der Waals surface area (Å²) in [7, 11) is 0. The second-order valence-corrected chi connectivity index (χ2v) is 6.55. The molecule has 1 aromatic carbocycles. The molecule has 1 aliphatic heterocycles. The molecule has 1 saturated heterocycles. The summed E-state index contributed by atoms with van der Waals surface area (Å²) in [5, 5.41) is 0. The average molecular weight is 321 g/mol. The summed E-state index contributed by atoms with van der Waals surface area (Å²) in [4.78, 5) is 13.2. The van der Waals surface area contributed by atoms with Gasteiger partial charge in [0.15, 0.2) is 0 Å². The number of allylic oxidation sites excluding steroid dienone is 1. The van der Waals surface area contributed by atoms with Crippen molar-refractivity contribution in [3.63, 3.8) is 0 Å². The van der Waals surface area contributed by atoms with Gasteiger partial charge in [-0.2, -0.15) is 13.2 Å². The van der Waals surface area contributed by atoms with Gasteiger partial charge in [-0.15, -0.1) is 0 Å². The van der Waals surface area contributed by atoms with E-state index in [1.807, 2.05) is 6.08 Å². The summed E-state index contributed by atoms with van der Waals surface area (Å²) in [5.41, 5.74) is 0.406. The molecule has 1 heterocycles. The zero-order valence-corrected chi connectivity index (χ0v) is 12.6. The minimum atomic E-state index is -4.29. The van der Waals surface area contributed by atoms with E-state index in [2.05, 4.69) is 12.7 Å². The number of carbonyl (C=O) groups excluding carboxylic acids is 1. The summed E-state index contributed by atoms with van der Waals surface area (Å²) >= 11 is 0. The quantitative estimate of drug-likeness (QED) is 0.766. The van der Waals surface area contributed by atoms with Crippen LogP contribution in [-0.2, 0) is 11.0 Å². The molecule has 23 heavy (non-hydrogen) atoms. The number of benzene rings is 1. The monoisotopic (exact) mass is 321 g/mol. The molecule has 1 aliphatic carbocycles. The molecule has 1 saturated carbocycles. The first kappa shape index (κ1) is 15.8. The summed E-state index contributed by atoms with van der Waals surface area (Å²) in [6, 6.07) is 5.18. The molecule has 5 heteroatoms. The van der Waals surface area contributed by atoms with E-state index >= 15 is 0 Å². The highest BCUT2D eigenvalue weighted by atomic mass is 19.4. The number of hydrogen-bond acceptors (Lipinski definition) is 1. The van der Waals surface area contributed by atoms with Crippen LogP contribution in [0.2, 0.25) is 0 Å². The normalized spacial score (nSPS) is 20.4. The van der Waals surface area contributed by atoms with E-state index in [1.54, 1.807) is 4.90 Å². The molecule has 0 radical (unpaired) electrons. The van der Waals surface area contributed by atoms with E-state index in [1.165, 1.54) is 18.2 Å². The maximum Gasteiger partial charge on any atom is 0.416 e. The Kier molecular flexibility index (Phi) is 3.82. The van der Waals surface area contributed by atoms with Crippen molar-refractivity contribution in [1.82, 2.24) is 4.90 Å². The van der Waals surface area contributed by atoms with Gasteiger partial charge in [0.2, 0.25) is 5.91 Å². The standard InChI is InChI=1S/C18H18F3NO/c1-2-16(23)22-11-17(12-22)9-14(10-17)4-3-13-5-7-15(8-6-13)18(19,20)21/h2-8,14H,1,9-12H2/b4-3+. The topological polar surface area (TPSA) is 20.3 Å². The van der Waals surface area contributed by atoms with E-state index in [0.717, 1.165) is 43.6 Å². The number of likely N-dealkylation sites (tertiary alicyclic amines) is 1. The fourth-order valence-corrected chi connectivity index (χ4v) is 3.53. The van der Waals surface area contributed by atoms with E-state index < -0.39 is 11.7 Å². The number of hydrogen-bond donors (Lipinski definition) is 0. The van der Waals surface area contributed by atoms with Gasteiger partial charge in [0.1, 0.15) is 0 Å². The Morgan fingerprint density at radius 2 is 1.83 bits per heavy atom. The van der Waals surface area contributed by atoms with Crippen molar-refractivity contribution in [1.29, 1.82) is 0 Å². The molecule has 122 valence electrons. The van der Waals surface area contributed by atoms with Crippen LogP contribution in [0.3, 0.4) is 0 Å². The predicted molar refractivity (Wildman–Crippen MR) is 82.4 cm³/mol. The van der Waals surface area contributed by atoms with Gasteiger partial charge in [-0.25, -0.2) is 0 Å². The summed E-state index contributed by atoms with van der Waals surface area (Å²) in [6.07, 6.45) is 3.06. The van der Waals surface area contributed by atoms with Crippen LogP contribution in [0.4, 0.5) is 13.2 Å². The van der Waals surface area contributed by atoms with Crippen molar-refractivity contribution in [3.8, 4) is 0 Å². The SMILES string of the molecule is C=CC(=O)N1CC2(CC(/C=C/c3ccc(C(F)(F)F)cc3)C2)C1. The molecule has 0 bridgehead atoms. The fraction of sp³-hybridized carbons (Fsp3) is 0.389. The van der Waals surface area contributed by atoms with Gasteiger partial charge in [-0.05, 0) is 42.5 Å². The van der Waals surface area contributed by atoms with Gasteiger partial charge >= 0.3 is 6.18 Å². The number of amides is 1. The highest BCUT2D eigenvalue weighted by molar-refractivity contribution is 5.87. The van der Waals surface area contributed by atoms with Gasteiger partial charge in [-0.1, -0.05) is 30.9 Å². The van der Waals surface area contributed by atoms with Crippen LogP contribution in [0.15, 0.2) is 43.0 Å². The van der Waals surface area contributed by atoms with Crippen LogP contribution in [0.5, 0.6) is 0 Å². The molecule has 2 fully saturated rings. The Hall–Kier alpha value is -2.04. The lowest BCUT2D eigenvalue weighted by molar-refractivity contribution is -0.147. The van der Waals surface area contributed by atoms with Crippen LogP contribution in [0, 0.1) is 11.3 Å². The Morgan fingerprint density at radius 3 is 2.35 bits per heavy atom. The first-order valence-corrected chi connectivity index (χ1v) is 7.58. The predicted octanol–water partition coefficient (Wildman–Crippen LogP) is 4.14. The number of rotatable bonds is 3. The Morgan fingerprint density at radius 1 is 1.22 bits per heavy atom. The maximum atomic E-state index is 12.5. The summed E-state index contributed by atoms with van der Waals surface area (Å²) in [5.74, 6) is 0.428. The molecule has 1 spiro atoms. The lowest BCUT2D eigenvalue weighted by Gasteiger charge is -2.58. The largest absolute Gasteiger partial charge is 0.416 e. The van der Waals surface area contributed by atoms with E-state index in [-0.39, 0.29) is 11.3 Å². The lowest BCUT2D eigenvalue weighted by atomic mass is 9.57. The molecular formula is C18H18F3NO. The molecule has 2 nitrogen and oxygen atoms in total. The fourth-order valence-electron chi connectivity index (χ4n) is 3.53. The Bertz CT molecular complexity index is 631. The average Bonchev–Trinajstić information content (AvgIpc) is 2.43. The molecule has 2 aliphatic rings. The number of carbonyl (C=O) groups is 1. The second-order valence-electron chi connectivity index (χ2n) is 6.55. The molecule has 1 amide bonds. The highest BCUT2D eigenvalue weighted by Crippen LogP contribution is 2.52. The van der Waals surface area contributed by atoms with Crippen LogP contribution in [0.25, 0.3) is 6.08 Å². The third-order valence-electron chi connectivity index (χ3n) is 4.73. The van der Waals surface area contributed by atoms with Crippen LogP contribution in [-0.4, -0.2) is 23.9 Å². The lowest BCUT2D eigenvalue weighted by Crippen LogP contribution is -2.63. The molecule has 1 aromatic rings. The highest BCUT2D eigenvalue weighted by Gasteiger charge is 2.52. The molecule has 0 unspecified atom stereocenters. The van der Waals surface area contributed by atoms with Crippen molar-refractivity contribution in [2.24, 2.45) is 11.3 Å². The zero-order valence-electron chi connectivity index (χ0n) is 12.6. The van der Waals surface area contributed by atoms with Gasteiger partial charge < -0.3 is 4.90 Å². The van der Waals surface area contributed by atoms with Gasteiger partial charge in [0.05, 0.1) is 5.56 Å². The first-order chi connectivity index (χ1) is 10.8. The van der Waals surface area contributed by atoms with Crippen molar-refractivity contribution in [2.75, 3.05) is 13.1 Å². The van der Waals surface area contributed by atoms with Crippen molar-refractivity contribution >= 4 is 12.0 Å². The minimum Gasteiger partial charge on any atom is -0.338 e. The van der Waals surface area contributed by atoms with E-state index in [4.69, 9.17) is 0 Å². The molecule has 0 atom stereocenters.